The van der Waals surface area contributed by atoms with Crippen molar-refractivity contribution < 1.29 is 19.7 Å². The van der Waals surface area contributed by atoms with Gasteiger partial charge in [0, 0.05) is 6.61 Å². The molecule has 1 unspecified atom stereocenters. The van der Waals surface area contributed by atoms with E-state index in [1.807, 2.05) is 17.5 Å². The molecule has 3 N–H and O–H groups in total. The Balaban J connectivity index is 1.41. The summed E-state index contributed by atoms with van der Waals surface area (Å²) in [4.78, 5) is 13.9. The molecule has 0 amide bonds. The molecule has 29 heavy (non-hydrogen) atoms. The summed E-state index contributed by atoms with van der Waals surface area (Å²) in [5.74, 6) is 6.47. The van der Waals surface area contributed by atoms with E-state index in [0.717, 1.165) is 11.3 Å². The number of rotatable bonds is 3. The Labute approximate surface area is 170 Å². The normalized spacial score (nSPS) is 29.1. The summed E-state index contributed by atoms with van der Waals surface area (Å²) < 4.78 is 12.9. The molecule has 2 saturated heterocycles. The van der Waals surface area contributed by atoms with E-state index < -0.39 is 24.5 Å². The molecule has 2 aliphatic rings. The molecule has 0 saturated carbocycles. The molecule has 5 rings (SSSR count). The van der Waals surface area contributed by atoms with E-state index in [-0.39, 0.29) is 6.04 Å². The van der Waals surface area contributed by atoms with Crippen molar-refractivity contribution in [3.05, 3.63) is 35.0 Å². The fourth-order valence-electron chi connectivity index (χ4n) is 3.49. The predicted molar refractivity (Wildman–Crippen MR) is 105 cm³/mol. The maximum atomic E-state index is 10.6. The number of nitrogens with one attached hydrogen (secondary N) is 1. The minimum absolute atomic E-state index is 0.172. The molecule has 2 aliphatic heterocycles. The smallest absolute Gasteiger partial charge is 0.167 e. The maximum absolute atomic E-state index is 10.6. The molecule has 150 valence electrons. The van der Waals surface area contributed by atoms with Gasteiger partial charge in [-0.2, -0.15) is 0 Å². The number of anilines is 1. The zero-order valence-electron chi connectivity index (χ0n) is 15.3. The minimum atomic E-state index is -1.16. The topological polar surface area (TPSA) is 115 Å². The lowest BCUT2D eigenvalue weighted by molar-refractivity contribution is -0.0230. The van der Waals surface area contributed by atoms with Crippen molar-refractivity contribution in [2.45, 2.75) is 37.0 Å². The molecule has 3 aromatic rings. The lowest BCUT2D eigenvalue weighted by atomic mass is 10.1. The molecule has 0 radical (unpaired) electrons. The average molecular weight is 413 g/mol. The van der Waals surface area contributed by atoms with Crippen LogP contribution >= 0.6 is 11.3 Å². The van der Waals surface area contributed by atoms with E-state index in [2.05, 4.69) is 32.1 Å². The predicted octanol–water partition coefficient (Wildman–Crippen LogP) is 0.759. The number of thiophene rings is 1. The van der Waals surface area contributed by atoms with Gasteiger partial charge in [0.2, 0.25) is 0 Å². The Hall–Kier alpha value is -2.55. The molecule has 3 aromatic heterocycles. The number of fused-ring (bicyclic) bond motifs is 1. The highest BCUT2D eigenvalue weighted by molar-refractivity contribution is 7.10. The molecule has 9 nitrogen and oxygen atoms in total. The van der Waals surface area contributed by atoms with Crippen LogP contribution in [0.15, 0.2) is 30.2 Å². The molecule has 2 fully saturated rings. The SMILES string of the molecule is O[C@@H]1[C@H](O)[C@@H](C#Cc2cccs2)O[C@H]1n1cnc2c(NC3CCOC3)ncnc21. The van der Waals surface area contributed by atoms with Crippen LogP contribution in [0.5, 0.6) is 0 Å². The van der Waals surface area contributed by atoms with Gasteiger partial charge in [-0.05, 0) is 17.9 Å². The second kappa shape index (κ2) is 7.70. The Morgan fingerprint density at radius 1 is 1.24 bits per heavy atom. The van der Waals surface area contributed by atoms with Gasteiger partial charge < -0.3 is 25.0 Å². The molecule has 0 bridgehead atoms. The second-order valence-electron chi connectivity index (χ2n) is 6.93. The fourth-order valence-corrected chi connectivity index (χ4v) is 4.06. The van der Waals surface area contributed by atoms with Gasteiger partial charge in [-0.3, -0.25) is 4.57 Å². The number of imidazole rings is 1. The molecule has 10 heteroatoms. The van der Waals surface area contributed by atoms with Crippen LogP contribution in [0.4, 0.5) is 5.82 Å². The highest BCUT2D eigenvalue weighted by Gasteiger charge is 2.43. The quantitative estimate of drug-likeness (QED) is 0.539. The molecule has 5 heterocycles. The van der Waals surface area contributed by atoms with E-state index in [9.17, 15) is 10.2 Å². The summed E-state index contributed by atoms with van der Waals surface area (Å²) in [7, 11) is 0. The van der Waals surface area contributed by atoms with Crippen molar-refractivity contribution in [2.75, 3.05) is 18.5 Å². The van der Waals surface area contributed by atoms with Gasteiger partial charge in [0.25, 0.3) is 0 Å². The highest BCUT2D eigenvalue weighted by atomic mass is 32.1. The monoisotopic (exact) mass is 413 g/mol. The van der Waals surface area contributed by atoms with Crippen molar-refractivity contribution in [3.8, 4) is 11.8 Å². The number of nitrogens with zero attached hydrogens (tertiary/aromatic N) is 4. The first-order valence-corrected chi connectivity index (χ1v) is 10.2. The van der Waals surface area contributed by atoms with E-state index in [4.69, 9.17) is 9.47 Å². The largest absolute Gasteiger partial charge is 0.386 e. The van der Waals surface area contributed by atoms with E-state index in [1.165, 1.54) is 24.0 Å². The third kappa shape index (κ3) is 3.48. The van der Waals surface area contributed by atoms with Crippen LogP contribution in [0.3, 0.4) is 0 Å². The van der Waals surface area contributed by atoms with Crippen LogP contribution < -0.4 is 5.32 Å². The summed E-state index contributed by atoms with van der Waals surface area (Å²) >= 11 is 1.50. The molecule has 0 spiro atoms. The lowest BCUT2D eigenvalue weighted by Crippen LogP contribution is -2.30. The van der Waals surface area contributed by atoms with Gasteiger partial charge in [-0.15, -0.1) is 11.3 Å². The summed E-state index contributed by atoms with van der Waals surface area (Å²) in [6.07, 6.45) is -0.104. The Morgan fingerprint density at radius 2 is 2.17 bits per heavy atom. The zero-order valence-corrected chi connectivity index (χ0v) is 16.1. The van der Waals surface area contributed by atoms with E-state index in [1.54, 1.807) is 4.57 Å². The van der Waals surface area contributed by atoms with Crippen molar-refractivity contribution in [3.63, 3.8) is 0 Å². The van der Waals surface area contributed by atoms with Crippen molar-refractivity contribution in [2.24, 2.45) is 0 Å². The molecular weight excluding hydrogens is 394 g/mol. The average Bonchev–Trinajstić information content (AvgIpc) is 3.51. The lowest BCUT2D eigenvalue weighted by Gasteiger charge is -2.16. The third-order valence-electron chi connectivity index (χ3n) is 5.00. The summed E-state index contributed by atoms with van der Waals surface area (Å²) in [5.41, 5.74) is 1.07. The molecular formula is C19H19N5O4S. The van der Waals surface area contributed by atoms with Crippen molar-refractivity contribution >= 4 is 28.3 Å². The van der Waals surface area contributed by atoms with Gasteiger partial charge in [0.05, 0.1) is 23.9 Å². The summed E-state index contributed by atoms with van der Waals surface area (Å²) in [5, 5.41) is 26.2. The maximum Gasteiger partial charge on any atom is 0.167 e. The number of aliphatic hydroxyl groups excluding tert-OH is 2. The van der Waals surface area contributed by atoms with Gasteiger partial charge >= 0.3 is 0 Å². The number of hydrogen-bond acceptors (Lipinski definition) is 9. The summed E-state index contributed by atoms with van der Waals surface area (Å²) in [6, 6.07) is 3.96. The highest BCUT2D eigenvalue weighted by Crippen LogP contribution is 2.32. The third-order valence-corrected chi connectivity index (χ3v) is 5.79. The number of ether oxygens (including phenoxy) is 2. The van der Waals surface area contributed by atoms with Gasteiger partial charge in [0.1, 0.15) is 24.6 Å². The van der Waals surface area contributed by atoms with Gasteiger partial charge in [-0.1, -0.05) is 17.9 Å². The first-order valence-electron chi connectivity index (χ1n) is 9.29. The number of aromatic nitrogens is 4. The minimum Gasteiger partial charge on any atom is -0.386 e. The van der Waals surface area contributed by atoms with Gasteiger partial charge in [0.15, 0.2) is 23.2 Å². The number of hydrogen-bond donors (Lipinski definition) is 3. The van der Waals surface area contributed by atoms with Crippen LogP contribution in [-0.4, -0.2) is 67.3 Å². The van der Waals surface area contributed by atoms with Crippen molar-refractivity contribution in [1.82, 2.24) is 19.5 Å². The Morgan fingerprint density at radius 3 is 2.97 bits per heavy atom. The molecule has 0 aromatic carbocycles. The molecule has 0 aliphatic carbocycles. The van der Waals surface area contributed by atoms with Crippen LogP contribution in [0.1, 0.15) is 17.5 Å². The summed E-state index contributed by atoms with van der Waals surface area (Å²) in [6.45, 7) is 1.33. The Bertz CT molecular complexity index is 1050. The first kappa shape index (κ1) is 18.5. The van der Waals surface area contributed by atoms with Crippen LogP contribution in [0, 0.1) is 11.8 Å². The van der Waals surface area contributed by atoms with Gasteiger partial charge in [-0.25, -0.2) is 15.0 Å². The molecule has 5 atom stereocenters. The Kier molecular flexibility index (Phi) is 4.91. The first-order chi connectivity index (χ1) is 14.2. The van der Waals surface area contributed by atoms with E-state index in [0.29, 0.717) is 30.2 Å². The van der Waals surface area contributed by atoms with Crippen molar-refractivity contribution in [1.29, 1.82) is 0 Å². The zero-order chi connectivity index (χ0) is 19.8. The number of aliphatic hydroxyl groups is 2. The fraction of sp³-hybridized carbons (Fsp3) is 0.421. The second-order valence-corrected chi connectivity index (χ2v) is 7.87. The van der Waals surface area contributed by atoms with Crippen LogP contribution in [0.25, 0.3) is 11.2 Å². The van der Waals surface area contributed by atoms with Crippen LogP contribution in [0.2, 0.25) is 0 Å². The standard InChI is InChI=1S/C19H19N5O4S/c25-15-13(4-3-12-2-1-7-29-12)28-19(16(15)26)24-10-22-14-17(20-9-21-18(14)24)23-11-5-6-27-8-11/h1-2,7,9-11,13,15-16,19,25-26H,5-6,8H2,(H,20,21,23)/t11?,13-,15-,16-,19-/m1/s1. The van der Waals surface area contributed by atoms with Crippen LogP contribution in [-0.2, 0) is 9.47 Å². The van der Waals surface area contributed by atoms with E-state index >= 15 is 0 Å².